The predicted octanol–water partition coefficient (Wildman–Crippen LogP) is 3.24. The summed E-state index contributed by atoms with van der Waals surface area (Å²) >= 11 is 2.98. The van der Waals surface area contributed by atoms with Crippen LogP contribution in [0.5, 0.6) is 0 Å². The van der Waals surface area contributed by atoms with Gasteiger partial charge in [0.2, 0.25) is 11.1 Å². The van der Waals surface area contributed by atoms with Crippen molar-refractivity contribution in [2.45, 2.75) is 18.5 Å². The molecule has 4 aromatic rings. The number of aryl methyl sites for hydroxylation is 1. The summed E-state index contributed by atoms with van der Waals surface area (Å²) < 4.78 is 1.61. The molecule has 1 amide bonds. The molecular formula is C19H16N6OS2. The lowest BCUT2D eigenvalue weighted by atomic mass is 10.1. The molecule has 0 bridgehead atoms. The van der Waals surface area contributed by atoms with E-state index in [1.54, 1.807) is 34.3 Å². The average molecular weight is 409 g/mol. The highest BCUT2D eigenvalue weighted by molar-refractivity contribution is 7.99. The van der Waals surface area contributed by atoms with Gasteiger partial charge in [0.15, 0.2) is 0 Å². The van der Waals surface area contributed by atoms with Crippen LogP contribution in [0.1, 0.15) is 10.6 Å². The Balaban J connectivity index is 1.30. The molecule has 1 aliphatic rings. The Bertz CT molecular complexity index is 1150. The lowest BCUT2D eigenvalue weighted by Gasteiger charge is -2.17. The zero-order valence-electron chi connectivity index (χ0n) is 15.1. The molecule has 3 aromatic heterocycles. The van der Waals surface area contributed by atoms with E-state index in [4.69, 9.17) is 0 Å². The van der Waals surface area contributed by atoms with E-state index in [1.165, 1.54) is 17.3 Å². The van der Waals surface area contributed by atoms with Gasteiger partial charge in [0.1, 0.15) is 0 Å². The number of hydrogen-bond acceptors (Lipinski definition) is 7. The molecule has 28 heavy (non-hydrogen) atoms. The zero-order chi connectivity index (χ0) is 19.1. The summed E-state index contributed by atoms with van der Waals surface area (Å²) in [6.07, 6.45) is 4.32. The van der Waals surface area contributed by atoms with Gasteiger partial charge in [-0.05, 0) is 37.1 Å². The molecule has 1 aromatic carbocycles. The number of carbonyl (C=O) groups excluding carboxylic acids is 1. The molecule has 0 atom stereocenters. The molecule has 0 aliphatic carbocycles. The van der Waals surface area contributed by atoms with E-state index in [0.29, 0.717) is 23.2 Å². The van der Waals surface area contributed by atoms with Crippen molar-refractivity contribution in [2.24, 2.45) is 0 Å². The lowest BCUT2D eigenvalue weighted by Crippen LogP contribution is -2.30. The Labute approximate surface area is 169 Å². The van der Waals surface area contributed by atoms with Crippen LogP contribution in [0.3, 0.4) is 0 Å². The number of anilines is 1. The van der Waals surface area contributed by atoms with Gasteiger partial charge in [-0.15, -0.1) is 16.4 Å². The van der Waals surface area contributed by atoms with E-state index in [2.05, 4.69) is 31.5 Å². The first-order chi connectivity index (χ1) is 13.7. The maximum absolute atomic E-state index is 12.8. The zero-order valence-corrected chi connectivity index (χ0v) is 16.7. The maximum atomic E-state index is 12.8. The molecule has 1 aliphatic heterocycles. The molecule has 140 valence electrons. The summed E-state index contributed by atoms with van der Waals surface area (Å²) in [5.41, 5.74) is 4.29. The van der Waals surface area contributed by atoms with Crippen molar-refractivity contribution < 1.29 is 4.79 Å². The van der Waals surface area contributed by atoms with Crippen molar-refractivity contribution in [3.63, 3.8) is 0 Å². The number of rotatable bonds is 4. The number of benzene rings is 1. The van der Waals surface area contributed by atoms with Crippen LogP contribution in [0.2, 0.25) is 0 Å². The van der Waals surface area contributed by atoms with Crippen molar-refractivity contribution in [1.29, 1.82) is 0 Å². The van der Waals surface area contributed by atoms with Crippen molar-refractivity contribution in [3.8, 4) is 11.3 Å². The van der Waals surface area contributed by atoms with Gasteiger partial charge >= 0.3 is 0 Å². The monoisotopic (exact) mass is 408 g/mol. The SMILES string of the molecule is Cc1nc(-c2ccc3c(c2)CCN3C(=O)CSc2nc3ncccn3n2)cs1. The molecule has 0 unspecified atom stereocenters. The number of nitrogens with zero attached hydrogens (tertiary/aromatic N) is 6. The van der Waals surface area contributed by atoms with E-state index in [-0.39, 0.29) is 5.91 Å². The second-order valence-electron chi connectivity index (χ2n) is 6.44. The van der Waals surface area contributed by atoms with Crippen molar-refractivity contribution in [1.82, 2.24) is 24.6 Å². The van der Waals surface area contributed by atoms with Crippen LogP contribution in [0.25, 0.3) is 17.0 Å². The van der Waals surface area contributed by atoms with Crippen LogP contribution in [-0.2, 0) is 11.2 Å². The summed E-state index contributed by atoms with van der Waals surface area (Å²) in [4.78, 5) is 27.7. The third-order valence-electron chi connectivity index (χ3n) is 4.61. The first-order valence-electron chi connectivity index (χ1n) is 8.83. The van der Waals surface area contributed by atoms with Crippen LogP contribution in [0.4, 0.5) is 5.69 Å². The number of aromatic nitrogens is 5. The van der Waals surface area contributed by atoms with Gasteiger partial charge in [-0.2, -0.15) is 4.98 Å². The number of carbonyl (C=O) groups is 1. The summed E-state index contributed by atoms with van der Waals surface area (Å²) in [6.45, 7) is 2.71. The standard InChI is InChI=1S/C19H16N6OS2/c1-12-21-15(10-27-12)13-3-4-16-14(9-13)5-8-24(16)17(26)11-28-19-22-18-20-6-2-7-25(18)23-19/h2-4,6-7,9-10H,5,8,11H2,1H3. The highest BCUT2D eigenvalue weighted by Gasteiger charge is 2.25. The fourth-order valence-corrected chi connectivity index (χ4v) is 4.62. The van der Waals surface area contributed by atoms with Crippen LogP contribution in [0.15, 0.2) is 47.2 Å². The second kappa shape index (κ2) is 6.99. The normalized spacial score (nSPS) is 13.2. The molecule has 7 nitrogen and oxygen atoms in total. The summed E-state index contributed by atoms with van der Waals surface area (Å²) in [7, 11) is 0. The van der Waals surface area contributed by atoms with Gasteiger partial charge in [0, 0.05) is 35.6 Å². The Morgan fingerprint density at radius 1 is 1.32 bits per heavy atom. The second-order valence-corrected chi connectivity index (χ2v) is 8.44. The number of hydrogen-bond donors (Lipinski definition) is 0. The predicted molar refractivity (Wildman–Crippen MR) is 110 cm³/mol. The first-order valence-corrected chi connectivity index (χ1v) is 10.7. The fourth-order valence-electron chi connectivity index (χ4n) is 3.30. The minimum Gasteiger partial charge on any atom is -0.311 e. The van der Waals surface area contributed by atoms with Crippen LogP contribution in [-0.4, -0.2) is 42.8 Å². The van der Waals surface area contributed by atoms with E-state index in [9.17, 15) is 4.79 Å². The van der Waals surface area contributed by atoms with E-state index in [1.807, 2.05) is 24.0 Å². The van der Waals surface area contributed by atoms with Gasteiger partial charge in [-0.25, -0.2) is 14.5 Å². The van der Waals surface area contributed by atoms with Gasteiger partial charge in [-0.3, -0.25) is 4.79 Å². The lowest BCUT2D eigenvalue weighted by molar-refractivity contribution is -0.116. The third-order valence-corrected chi connectivity index (χ3v) is 6.21. The molecule has 5 rings (SSSR count). The average Bonchev–Trinajstić information content (AvgIpc) is 3.42. The van der Waals surface area contributed by atoms with Gasteiger partial charge in [0.25, 0.3) is 5.78 Å². The minimum absolute atomic E-state index is 0.0628. The molecule has 0 fully saturated rings. The molecule has 0 saturated heterocycles. The van der Waals surface area contributed by atoms with Gasteiger partial charge in [0.05, 0.1) is 16.5 Å². The van der Waals surface area contributed by atoms with Crippen molar-refractivity contribution in [3.05, 3.63) is 52.6 Å². The Kier molecular flexibility index (Phi) is 4.33. The van der Waals surface area contributed by atoms with Crippen LogP contribution < -0.4 is 4.90 Å². The minimum atomic E-state index is 0.0628. The number of fused-ring (bicyclic) bond motifs is 2. The Morgan fingerprint density at radius 3 is 3.07 bits per heavy atom. The molecule has 9 heteroatoms. The summed E-state index contributed by atoms with van der Waals surface area (Å²) in [5.74, 6) is 0.894. The Morgan fingerprint density at radius 2 is 2.25 bits per heavy atom. The quantitative estimate of drug-likeness (QED) is 0.483. The first kappa shape index (κ1) is 17.3. The highest BCUT2D eigenvalue weighted by Crippen LogP contribution is 2.33. The summed E-state index contributed by atoms with van der Waals surface area (Å²) in [6, 6.07) is 8.02. The topological polar surface area (TPSA) is 76.3 Å². The number of thioether (sulfide) groups is 1. The molecule has 0 saturated carbocycles. The molecule has 0 radical (unpaired) electrons. The highest BCUT2D eigenvalue weighted by atomic mass is 32.2. The largest absolute Gasteiger partial charge is 0.311 e. The number of thiazole rings is 1. The number of amides is 1. The fraction of sp³-hybridized carbons (Fsp3) is 0.211. The Hall–Kier alpha value is -2.78. The molecule has 0 N–H and O–H groups in total. The van der Waals surface area contributed by atoms with E-state index >= 15 is 0 Å². The van der Waals surface area contributed by atoms with Crippen molar-refractivity contribution in [2.75, 3.05) is 17.2 Å². The third kappa shape index (κ3) is 3.16. The summed E-state index contributed by atoms with van der Waals surface area (Å²) in [5, 5.41) is 8.02. The molecule has 0 spiro atoms. The van der Waals surface area contributed by atoms with Crippen LogP contribution >= 0.6 is 23.1 Å². The van der Waals surface area contributed by atoms with Crippen molar-refractivity contribution >= 4 is 40.5 Å². The van der Waals surface area contributed by atoms with E-state index < -0.39 is 0 Å². The van der Waals surface area contributed by atoms with E-state index in [0.717, 1.165) is 28.4 Å². The van der Waals surface area contributed by atoms with Gasteiger partial charge in [-0.1, -0.05) is 17.8 Å². The van der Waals surface area contributed by atoms with Gasteiger partial charge < -0.3 is 4.90 Å². The molecular weight excluding hydrogens is 392 g/mol. The maximum Gasteiger partial charge on any atom is 0.253 e. The molecule has 4 heterocycles. The smallest absolute Gasteiger partial charge is 0.253 e. The van der Waals surface area contributed by atoms with Crippen LogP contribution in [0, 0.1) is 6.92 Å².